The summed E-state index contributed by atoms with van der Waals surface area (Å²) in [4.78, 5) is 11.9. The SMILES string of the molecule is CCc1ccccc1NC(=O)CSc1nnc(C)n1N. The van der Waals surface area contributed by atoms with E-state index in [0.717, 1.165) is 17.7 Å². The smallest absolute Gasteiger partial charge is 0.234 e. The van der Waals surface area contributed by atoms with Crippen LogP contribution in [0.5, 0.6) is 0 Å². The van der Waals surface area contributed by atoms with Crippen molar-refractivity contribution in [2.45, 2.75) is 25.4 Å². The van der Waals surface area contributed by atoms with Crippen molar-refractivity contribution in [1.82, 2.24) is 14.9 Å². The van der Waals surface area contributed by atoms with Crippen molar-refractivity contribution in [2.75, 3.05) is 16.9 Å². The normalized spacial score (nSPS) is 10.5. The molecule has 6 nitrogen and oxygen atoms in total. The van der Waals surface area contributed by atoms with Crippen LogP contribution < -0.4 is 11.2 Å². The zero-order valence-corrected chi connectivity index (χ0v) is 12.3. The standard InChI is InChI=1S/C13H17N5OS/c1-3-10-6-4-5-7-11(10)15-12(19)8-20-13-17-16-9(2)18(13)14/h4-7H,3,8,14H2,1-2H3,(H,15,19). The molecule has 20 heavy (non-hydrogen) atoms. The zero-order chi connectivity index (χ0) is 14.5. The van der Waals surface area contributed by atoms with Crippen molar-refractivity contribution in [3.05, 3.63) is 35.7 Å². The highest BCUT2D eigenvalue weighted by Crippen LogP contribution is 2.18. The predicted octanol–water partition coefficient (Wildman–Crippen LogP) is 1.59. The number of nitrogens with two attached hydrogens (primary N) is 1. The van der Waals surface area contributed by atoms with Gasteiger partial charge in [-0.25, -0.2) is 4.68 Å². The summed E-state index contributed by atoms with van der Waals surface area (Å²) in [5.74, 6) is 6.50. The average molecular weight is 291 g/mol. The predicted molar refractivity (Wildman–Crippen MR) is 80.1 cm³/mol. The lowest BCUT2D eigenvalue weighted by Gasteiger charge is -2.09. The van der Waals surface area contributed by atoms with Crippen LogP contribution in [-0.4, -0.2) is 26.5 Å². The number of amides is 1. The molecule has 1 heterocycles. The first-order valence-electron chi connectivity index (χ1n) is 6.29. The van der Waals surface area contributed by atoms with Gasteiger partial charge in [-0.3, -0.25) is 4.79 Å². The highest BCUT2D eigenvalue weighted by Gasteiger charge is 2.10. The largest absolute Gasteiger partial charge is 0.336 e. The van der Waals surface area contributed by atoms with Gasteiger partial charge in [0.05, 0.1) is 5.75 Å². The van der Waals surface area contributed by atoms with E-state index in [-0.39, 0.29) is 11.7 Å². The van der Waals surface area contributed by atoms with Crippen LogP contribution in [0.25, 0.3) is 0 Å². The van der Waals surface area contributed by atoms with Gasteiger partial charge < -0.3 is 11.2 Å². The third kappa shape index (κ3) is 3.30. The monoisotopic (exact) mass is 291 g/mol. The molecule has 1 aromatic carbocycles. The Bertz CT molecular complexity index is 611. The molecule has 0 aliphatic carbocycles. The van der Waals surface area contributed by atoms with Gasteiger partial charge in [0.1, 0.15) is 5.82 Å². The Balaban J connectivity index is 1.94. The Hall–Kier alpha value is -2.02. The highest BCUT2D eigenvalue weighted by atomic mass is 32.2. The molecule has 0 saturated heterocycles. The van der Waals surface area contributed by atoms with Crippen molar-refractivity contribution in [3.8, 4) is 0 Å². The van der Waals surface area contributed by atoms with Crippen LogP contribution in [0.4, 0.5) is 5.69 Å². The van der Waals surface area contributed by atoms with Gasteiger partial charge in [-0.1, -0.05) is 36.9 Å². The topological polar surface area (TPSA) is 85.8 Å². The minimum Gasteiger partial charge on any atom is -0.336 e. The third-order valence-electron chi connectivity index (χ3n) is 2.84. The maximum Gasteiger partial charge on any atom is 0.234 e. The van der Waals surface area contributed by atoms with E-state index in [0.29, 0.717) is 11.0 Å². The lowest BCUT2D eigenvalue weighted by molar-refractivity contribution is -0.113. The molecule has 1 amide bonds. The number of thioether (sulfide) groups is 1. The second-order valence-electron chi connectivity index (χ2n) is 4.25. The zero-order valence-electron chi connectivity index (χ0n) is 11.5. The Morgan fingerprint density at radius 3 is 2.80 bits per heavy atom. The molecule has 0 bridgehead atoms. The fourth-order valence-electron chi connectivity index (χ4n) is 1.72. The van der Waals surface area contributed by atoms with Gasteiger partial charge in [-0.05, 0) is 25.0 Å². The number of carbonyl (C=O) groups excluding carboxylic acids is 1. The second kappa shape index (κ2) is 6.42. The number of nitrogen functional groups attached to an aromatic ring is 1. The molecule has 0 aliphatic rings. The summed E-state index contributed by atoms with van der Waals surface area (Å²) in [6.45, 7) is 3.81. The Morgan fingerprint density at radius 2 is 2.15 bits per heavy atom. The number of anilines is 1. The fraction of sp³-hybridized carbons (Fsp3) is 0.308. The molecular weight excluding hydrogens is 274 g/mol. The summed E-state index contributed by atoms with van der Waals surface area (Å²) < 4.78 is 1.37. The first-order valence-corrected chi connectivity index (χ1v) is 7.28. The summed E-state index contributed by atoms with van der Waals surface area (Å²) in [5.41, 5.74) is 1.97. The van der Waals surface area contributed by atoms with Crippen LogP contribution in [0.2, 0.25) is 0 Å². The fourth-order valence-corrected chi connectivity index (χ4v) is 2.42. The molecule has 0 spiro atoms. The van der Waals surface area contributed by atoms with Gasteiger partial charge in [0, 0.05) is 5.69 Å². The molecule has 2 rings (SSSR count). The molecule has 1 aromatic heterocycles. The summed E-state index contributed by atoms with van der Waals surface area (Å²) in [7, 11) is 0. The first-order chi connectivity index (χ1) is 9.61. The van der Waals surface area contributed by atoms with Crippen LogP contribution in [0.15, 0.2) is 29.4 Å². The van der Waals surface area contributed by atoms with Crippen LogP contribution in [0, 0.1) is 6.92 Å². The van der Waals surface area contributed by atoms with Crippen molar-refractivity contribution >= 4 is 23.4 Å². The summed E-state index contributed by atoms with van der Waals surface area (Å²) in [5, 5.41) is 11.2. The Labute approximate surface area is 121 Å². The number of hydrogen-bond donors (Lipinski definition) is 2. The Morgan fingerprint density at radius 1 is 1.40 bits per heavy atom. The molecule has 7 heteroatoms. The molecule has 106 valence electrons. The maximum absolute atomic E-state index is 11.9. The number of rotatable bonds is 5. The van der Waals surface area contributed by atoms with E-state index < -0.39 is 0 Å². The summed E-state index contributed by atoms with van der Waals surface area (Å²) in [6.07, 6.45) is 0.875. The van der Waals surface area contributed by atoms with Gasteiger partial charge in [-0.2, -0.15) is 0 Å². The molecule has 2 aromatic rings. The first kappa shape index (κ1) is 14.4. The summed E-state index contributed by atoms with van der Waals surface area (Å²) in [6, 6.07) is 7.77. The third-order valence-corrected chi connectivity index (χ3v) is 3.78. The molecular formula is C13H17N5OS. The number of benzene rings is 1. The van der Waals surface area contributed by atoms with Crippen LogP contribution in [0.3, 0.4) is 0 Å². The Kier molecular flexibility index (Phi) is 4.62. The van der Waals surface area contributed by atoms with Crippen LogP contribution in [-0.2, 0) is 11.2 Å². The maximum atomic E-state index is 11.9. The molecule has 0 aliphatic heterocycles. The number of aromatic nitrogens is 3. The number of para-hydroxylation sites is 1. The van der Waals surface area contributed by atoms with Gasteiger partial charge in [-0.15, -0.1) is 10.2 Å². The molecule has 0 atom stereocenters. The van der Waals surface area contributed by atoms with Gasteiger partial charge >= 0.3 is 0 Å². The van der Waals surface area contributed by atoms with Crippen molar-refractivity contribution < 1.29 is 4.79 Å². The average Bonchev–Trinajstić information content (AvgIpc) is 2.77. The number of hydrogen-bond acceptors (Lipinski definition) is 5. The van der Waals surface area contributed by atoms with E-state index in [1.807, 2.05) is 24.3 Å². The molecule has 0 unspecified atom stereocenters. The van der Waals surface area contributed by atoms with Gasteiger partial charge in [0.25, 0.3) is 0 Å². The van der Waals surface area contributed by atoms with E-state index in [4.69, 9.17) is 5.84 Å². The van der Waals surface area contributed by atoms with Crippen molar-refractivity contribution in [1.29, 1.82) is 0 Å². The molecule has 0 radical (unpaired) electrons. The van der Waals surface area contributed by atoms with Crippen molar-refractivity contribution in [3.63, 3.8) is 0 Å². The molecule has 0 saturated carbocycles. The lowest BCUT2D eigenvalue weighted by atomic mass is 10.1. The molecule has 3 N–H and O–H groups in total. The minimum absolute atomic E-state index is 0.0865. The van der Waals surface area contributed by atoms with Gasteiger partial charge in [0.2, 0.25) is 11.1 Å². The van der Waals surface area contributed by atoms with Crippen LogP contribution in [0.1, 0.15) is 18.3 Å². The highest BCUT2D eigenvalue weighted by molar-refractivity contribution is 7.99. The van der Waals surface area contributed by atoms with E-state index in [1.165, 1.54) is 16.4 Å². The van der Waals surface area contributed by atoms with Crippen LogP contribution >= 0.6 is 11.8 Å². The van der Waals surface area contributed by atoms with E-state index in [2.05, 4.69) is 22.4 Å². The number of carbonyl (C=O) groups is 1. The van der Waals surface area contributed by atoms with E-state index in [9.17, 15) is 4.79 Å². The van der Waals surface area contributed by atoms with Crippen molar-refractivity contribution in [2.24, 2.45) is 0 Å². The number of nitrogens with one attached hydrogen (secondary N) is 1. The lowest BCUT2D eigenvalue weighted by Crippen LogP contribution is -2.17. The van der Waals surface area contributed by atoms with E-state index >= 15 is 0 Å². The molecule has 0 fully saturated rings. The number of nitrogens with zero attached hydrogens (tertiary/aromatic N) is 3. The quantitative estimate of drug-likeness (QED) is 0.645. The minimum atomic E-state index is -0.0865. The second-order valence-corrected chi connectivity index (χ2v) is 5.19. The number of aryl methyl sites for hydroxylation is 2. The van der Waals surface area contributed by atoms with Gasteiger partial charge in [0.15, 0.2) is 0 Å². The summed E-state index contributed by atoms with van der Waals surface area (Å²) >= 11 is 1.26. The van der Waals surface area contributed by atoms with E-state index in [1.54, 1.807) is 6.92 Å².